The minimum atomic E-state index is 0.194. The highest BCUT2D eigenvalue weighted by Crippen LogP contribution is 2.22. The summed E-state index contributed by atoms with van der Waals surface area (Å²) >= 11 is 1.42. The fourth-order valence-electron chi connectivity index (χ4n) is 3.00. The van der Waals surface area contributed by atoms with Crippen molar-refractivity contribution in [3.8, 4) is 0 Å². The number of hydrogen-bond acceptors (Lipinski definition) is 4. The minimum absolute atomic E-state index is 0.194. The summed E-state index contributed by atoms with van der Waals surface area (Å²) in [5, 5.41) is 7.27. The minimum Gasteiger partial charge on any atom is -0.342 e. The Labute approximate surface area is 140 Å². The number of thioether (sulfide) groups is 1. The van der Waals surface area contributed by atoms with E-state index < -0.39 is 0 Å². The number of aryl methyl sites for hydroxylation is 1. The number of aromatic nitrogens is 3. The fourth-order valence-corrected chi connectivity index (χ4v) is 3.68. The molecular formula is C17H22N4OS. The van der Waals surface area contributed by atoms with Gasteiger partial charge in [-0.2, -0.15) is 5.10 Å². The van der Waals surface area contributed by atoms with Gasteiger partial charge in [-0.05, 0) is 37.7 Å². The van der Waals surface area contributed by atoms with E-state index in [9.17, 15) is 4.79 Å². The first-order valence-corrected chi connectivity index (χ1v) is 9.01. The summed E-state index contributed by atoms with van der Waals surface area (Å²) in [7, 11) is 0. The van der Waals surface area contributed by atoms with Crippen LogP contribution in [0.3, 0.4) is 0 Å². The number of nitrogens with zero attached hydrogens (tertiary/aromatic N) is 3. The van der Waals surface area contributed by atoms with Crippen molar-refractivity contribution >= 4 is 17.7 Å². The van der Waals surface area contributed by atoms with Gasteiger partial charge in [0.15, 0.2) is 5.16 Å². The van der Waals surface area contributed by atoms with E-state index in [1.54, 1.807) is 0 Å². The Morgan fingerprint density at radius 1 is 1.39 bits per heavy atom. The Hall–Kier alpha value is -1.82. The van der Waals surface area contributed by atoms with Gasteiger partial charge >= 0.3 is 0 Å². The first kappa shape index (κ1) is 16.1. The second kappa shape index (κ2) is 7.64. The van der Waals surface area contributed by atoms with Crippen LogP contribution in [0, 0.1) is 12.8 Å². The lowest BCUT2D eigenvalue weighted by molar-refractivity contribution is -0.130. The number of benzene rings is 1. The summed E-state index contributed by atoms with van der Waals surface area (Å²) in [4.78, 5) is 18.4. The number of rotatable bonds is 5. The van der Waals surface area contributed by atoms with Gasteiger partial charge in [0.05, 0.1) is 5.75 Å². The van der Waals surface area contributed by atoms with E-state index in [0.717, 1.165) is 25.9 Å². The quantitative estimate of drug-likeness (QED) is 0.856. The first-order chi connectivity index (χ1) is 11.2. The molecule has 0 unspecified atom stereocenters. The van der Waals surface area contributed by atoms with Crippen molar-refractivity contribution in [3.63, 3.8) is 0 Å². The number of carbonyl (C=O) groups excluding carboxylic acids is 1. The number of amides is 1. The summed E-state index contributed by atoms with van der Waals surface area (Å²) in [6.45, 7) is 3.85. The van der Waals surface area contributed by atoms with Crippen molar-refractivity contribution in [2.75, 3.05) is 18.8 Å². The SMILES string of the molecule is Cc1ccc(C[C@H]2CCCN(C(=O)CSc3ncn[nH]3)C2)cc1. The Kier molecular flexibility index (Phi) is 5.33. The molecule has 2 heterocycles. The summed E-state index contributed by atoms with van der Waals surface area (Å²) < 4.78 is 0. The predicted octanol–water partition coefficient (Wildman–Crippen LogP) is 2.69. The van der Waals surface area contributed by atoms with Crippen LogP contribution in [0.5, 0.6) is 0 Å². The number of carbonyl (C=O) groups is 1. The van der Waals surface area contributed by atoms with Crippen LogP contribution in [0.2, 0.25) is 0 Å². The molecule has 6 heteroatoms. The molecule has 3 rings (SSSR count). The van der Waals surface area contributed by atoms with Crippen LogP contribution in [0.15, 0.2) is 35.7 Å². The highest BCUT2D eigenvalue weighted by molar-refractivity contribution is 7.99. The largest absolute Gasteiger partial charge is 0.342 e. The van der Waals surface area contributed by atoms with Gasteiger partial charge < -0.3 is 4.90 Å². The molecule has 0 spiro atoms. The molecule has 1 atom stereocenters. The maximum Gasteiger partial charge on any atom is 0.233 e. The fraction of sp³-hybridized carbons (Fsp3) is 0.471. The maximum absolute atomic E-state index is 12.4. The second-order valence-corrected chi connectivity index (χ2v) is 7.08. The highest BCUT2D eigenvalue weighted by atomic mass is 32.2. The van der Waals surface area contributed by atoms with Crippen molar-refractivity contribution in [1.29, 1.82) is 0 Å². The molecule has 0 radical (unpaired) electrons. The monoisotopic (exact) mass is 330 g/mol. The molecule has 0 bridgehead atoms. The average molecular weight is 330 g/mol. The van der Waals surface area contributed by atoms with Gasteiger partial charge in [-0.3, -0.25) is 9.89 Å². The topological polar surface area (TPSA) is 61.9 Å². The number of hydrogen-bond donors (Lipinski definition) is 1. The molecule has 1 N–H and O–H groups in total. The standard InChI is InChI=1S/C17H22N4OS/c1-13-4-6-14(7-5-13)9-15-3-2-8-21(10-15)16(22)11-23-17-18-12-19-20-17/h4-7,12,15H,2-3,8-11H2,1H3,(H,18,19,20)/t15-/m1/s1. The van der Waals surface area contributed by atoms with E-state index >= 15 is 0 Å². The van der Waals surface area contributed by atoms with Gasteiger partial charge in [-0.1, -0.05) is 41.6 Å². The van der Waals surface area contributed by atoms with E-state index in [0.29, 0.717) is 16.8 Å². The molecule has 1 aliphatic heterocycles. The molecule has 1 aliphatic rings. The molecule has 23 heavy (non-hydrogen) atoms. The van der Waals surface area contributed by atoms with Crippen molar-refractivity contribution in [2.24, 2.45) is 5.92 Å². The van der Waals surface area contributed by atoms with Crippen LogP contribution in [-0.2, 0) is 11.2 Å². The van der Waals surface area contributed by atoms with E-state index in [-0.39, 0.29) is 5.91 Å². The van der Waals surface area contributed by atoms with E-state index in [4.69, 9.17) is 0 Å². The molecular weight excluding hydrogens is 308 g/mol. The third-order valence-electron chi connectivity index (χ3n) is 4.24. The van der Waals surface area contributed by atoms with E-state index in [2.05, 4.69) is 46.4 Å². The summed E-state index contributed by atoms with van der Waals surface area (Å²) in [6, 6.07) is 8.73. The summed E-state index contributed by atoms with van der Waals surface area (Å²) in [6.07, 6.45) is 4.81. The lowest BCUT2D eigenvalue weighted by atomic mass is 9.91. The van der Waals surface area contributed by atoms with E-state index in [1.165, 1.54) is 35.6 Å². The zero-order valence-corrected chi connectivity index (χ0v) is 14.2. The third kappa shape index (κ3) is 4.58. The van der Waals surface area contributed by atoms with Crippen molar-refractivity contribution < 1.29 is 4.79 Å². The van der Waals surface area contributed by atoms with Crippen molar-refractivity contribution in [2.45, 2.75) is 31.3 Å². The number of piperidine rings is 1. The molecule has 1 amide bonds. The maximum atomic E-state index is 12.4. The molecule has 5 nitrogen and oxygen atoms in total. The van der Waals surface area contributed by atoms with Crippen LogP contribution in [0.1, 0.15) is 24.0 Å². The molecule has 0 saturated carbocycles. The van der Waals surface area contributed by atoms with Gasteiger partial charge in [0.1, 0.15) is 6.33 Å². The smallest absolute Gasteiger partial charge is 0.233 e. The van der Waals surface area contributed by atoms with Gasteiger partial charge in [-0.25, -0.2) is 4.98 Å². The van der Waals surface area contributed by atoms with Crippen LogP contribution in [-0.4, -0.2) is 44.8 Å². The number of likely N-dealkylation sites (tertiary alicyclic amines) is 1. The lowest BCUT2D eigenvalue weighted by Crippen LogP contribution is -2.41. The molecule has 122 valence electrons. The Bertz CT molecular complexity index is 627. The first-order valence-electron chi connectivity index (χ1n) is 8.02. The van der Waals surface area contributed by atoms with Crippen LogP contribution < -0.4 is 0 Å². The summed E-state index contributed by atoms with van der Waals surface area (Å²) in [5.74, 6) is 1.18. The molecule has 1 fully saturated rings. The second-order valence-electron chi connectivity index (χ2n) is 6.12. The third-order valence-corrected chi connectivity index (χ3v) is 5.10. The lowest BCUT2D eigenvalue weighted by Gasteiger charge is -2.33. The molecule has 2 aromatic rings. The zero-order valence-electron chi connectivity index (χ0n) is 13.4. The Morgan fingerprint density at radius 2 is 2.22 bits per heavy atom. The molecule has 1 saturated heterocycles. The molecule has 0 aliphatic carbocycles. The Morgan fingerprint density at radius 3 is 2.96 bits per heavy atom. The van der Waals surface area contributed by atoms with Gasteiger partial charge in [0, 0.05) is 13.1 Å². The molecule has 1 aromatic carbocycles. The van der Waals surface area contributed by atoms with Crippen LogP contribution in [0.4, 0.5) is 0 Å². The average Bonchev–Trinajstić information content (AvgIpc) is 3.08. The van der Waals surface area contributed by atoms with Crippen molar-refractivity contribution in [1.82, 2.24) is 20.1 Å². The highest BCUT2D eigenvalue weighted by Gasteiger charge is 2.23. The van der Waals surface area contributed by atoms with Gasteiger partial charge in [0.25, 0.3) is 0 Å². The van der Waals surface area contributed by atoms with Crippen LogP contribution >= 0.6 is 11.8 Å². The number of H-pyrrole nitrogens is 1. The van der Waals surface area contributed by atoms with E-state index in [1.807, 2.05) is 4.90 Å². The summed E-state index contributed by atoms with van der Waals surface area (Å²) in [5.41, 5.74) is 2.66. The van der Waals surface area contributed by atoms with Crippen molar-refractivity contribution in [3.05, 3.63) is 41.7 Å². The number of nitrogens with one attached hydrogen (secondary N) is 1. The predicted molar refractivity (Wildman–Crippen MR) is 91.3 cm³/mol. The number of aromatic amines is 1. The van der Waals surface area contributed by atoms with Crippen LogP contribution in [0.25, 0.3) is 0 Å². The zero-order chi connectivity index (χ0) is 16.1. The van der Waals surface area contributed by atoms with Gasteiger partial charge in [-0.15, -0.1) is 0 Å². The normalized spacial score (nSPS) is 18.1. The van der Waals surface area contributed by atoms with Gasteiger partial charge in [0.2, 0.25) is 5.91 Å². The molecule has 1 aromatic heterocycles. The Balaban J connectivity index is 1.51.